The standard InChI is InChI=1S/C9H10NO/c1-2-8-10-11-9-6-4-3-5-7-9/h3-7H,2H2,1H3. The minimum absolute atomic E-state index is 0.744. The van der Waals surface area contributed by atoms with Gasteiger partial charge >= 0.3 is 0 Å². The third kappa shape index (κ3) is 2.85. The van der Waals surface area contributed by atoms with Crippen LogP contribution in [0.15, 0.2) is 35.5 Å². The van der Waals surface area contributed by atoms with Gasteiger partial charge in [-0.05, 0) is 18.6 Å². The molecule has 0 aromatic heterocycles. The Morgan fingerprint density at radius 1 is 1.36 bits per heavy atom. The summed E-state index contributed by atoms with van der Waals surface area (Å²) in [6.07, 6.45) is 3.47. The summed E-state index contributed by atoms with van der Waals surface area (Å²) in [5.41, 5.74) is 0. The molecule has 1 aromatic carbocycles. The van der Waals surface area contributed by atoms with Crippen LogP contribution in [0, 0.1) is 0 Å². The summed E-state index contributed by atoms with van der Waals surface area (Å²) in [6.45, 7) is 1.96. The van der Waals surface area contributed by atoms with Gasteiger partial charge in [-0.25, -0.2) is 0 Å². The van der Waals surface area contributed by atoms with Crippen molar-refractivity contribution in [1.82, 2.24) is 0 Å². The molecular weight excluding hydrogens is 138 g/mol. The third-order valence-electron chi connectivity index (χ3n) is 1.12. The van der Waals surface area contributed by atoms with Gasteiger partial charge in [0.25, 0.3) is 0 Å². The second kappa shape index (κ2) is 4.50. The summed E-state index contributed by atoms with van der Waals surface area (Å²) < 4.78 is 0. The number of para-hydroxylation sites is 1. The number of hydrogen-bond acceptors (Lipinski definition) is 2. The third-order valence-corrected chi connectivity index (χ3v) is 1.12. The minimum Gasteiger partial charge on any atom is -0.357 e. The summed E-state index contributed by atoms with van der Waals surface area (Å²) in [7, 11) is 0. The Morgan fingerprint density at radius 2 is 2.09 bits per heavy atom. The van der Waals surface area contributed by atoms with Gasteiger partial charge in [0, 0.05) is 0 Å². The second-order valence-corrected chi connectivity index (χ2v) is 2.01. The van der Waals surface area contributed by atoms with E-state index in [0.29, 0.717) is 0 Å². The van der Waals surface area contributed by atoms with E-state index in [1.807, 2.05) is 37.3 Å². The van der Waals surface area contributed by atoms with Crippen LogP contribution in [0.4, 0.5) is 0 Å². The molecule has 0 saturated carbocycles. The quantitative estimate of drug-likeness (QED) is 0.476. The van der Waals surface area contributed by atoms with E-state index in [1.165, 1.54) is 0 Å². The highest BCUT2D eigenvalue weighted by Crippen LogP contribution is 2.07. The first kappa shape index (κ1) is 7.79. The minimum atomic E-state index is 0.744. The molecule has 0 bridgehead atoms. The smallest absolute Gasteiger partial charge is 0.157 e. The molecule has 0 heterocycles. The van der Waals surface area contributed by atoms with Crippen molar-refractivity contribution in [2.45, 2.75) is 13.3 Å². The summed E-state index contributed by atoms with van der Waals surface area (Å²) >= 11 is 0. The molecule has 0 fully saturated rings. The van der Waals surface area contributed by atoms with Gasteiger partial charge in [0.1, 0.15) is 6.21 Å². The van der Waals surface area contributed by atoms with Gasteiger partial charge in [0.2, 0.25) is 0 Å². The SMILES string of the molecule is CC/[C]=N/Oc1ccccc1. The molecule has 57 valence electrons. The Hall–Kier alpha value is -1.31. The average molecular weight is 148 g/mol. The van der Waals surface area contributed by atoms with E-state index in [2.05, 4.69) is 11.4 Å². The number of benzene rings is 1. The van der Waals surface area contributed by atoms with E-state index in [4.69, 9.17) is 4.84 Å². The maximum absolute atomic E-state index is 4.96. The van der Waals surface area contributed by atoms with Crippen LogP contribution in [0.25, 0.3) is 0 Å². The lowest BCUT2D eigenvalue weighted by Gasteiger charge is -1.94. The zero-order valence-electron chi connectivity index (χ0n) is 6.45. The van der Waals surface area contributed by atoms with Crippen molar-refractivity contribution in [3.63, 3.8) is 0 Å². The van der Waals surface area contributed by atoms with Crippen molar-refractivity contribution in [3.05, 3.63) is 30.3 Å². The molecule has 11 heavy (non-hydrogen) atoms. The number of nitrogens with zero attached hydrogens (tertiary/aromatic N) is 1. The highest BCUT2D eigenvalue weighted by molar-refractivity contribution is 5.55. The Bertz CT molecular complexity index is 218. The van der Waals surface area contributed by atoms with Gasteiger partial charge in [-0.1, -0.05) is 30.3 Å². The van der Waals surface area contributed by atoms with Gasteiger partial charge < -0.3 is 4.84 Å². The molecule has 2 nitrogen and oxygen atoms in total. The summed E-state index contributed by atoms with van der Waals surface area (Å²) in [4.78, 5) is 4.96. The topological polar surface area (TPSA) is 21.6 Å². The zero-order valence-corrected chi connectivity index (χ0v) is 6.45. The van der Waals surface area contributed by atoms with Gasteiger partial charge in [-0.3, -0.25) is 0 Å². The number of hydrogen-bond donors (Lipinski definition) is 0. The average Bonchev–Trinajstić information content (AvgIpc) is 2.07. The van der Waals surface area contributed by atoms with Crippen LogP contribution in [0.1, 0.15) is 13.3 Å². The monoisotopic (exact) mass is 148 g/mol. The van der Waals surface area contributed by atoms with E-state index in [0.717, 1.165) is 12.2 Å². The molecule has 0 aliphatic rings. The van der Waals surface area contributed by atoms with E-state index < -0.39 is 0 Å². The maximum Gasteiger partial charge on any atom is 0.157 e. The van der Waals surface area contributed by atoms with Crippen LogP contribution in [-0.4, -0.2) is 6.21 Å². The van der Waals surface area contributed by atoms with Crippen LogP contribution in [0.5, 0.6) is 5.75 Å². The van der Waals surface area contributed by atoms with Crippen molar-refractivity contribution in [3.8, 4) is 5.75 Å². The molecule has 0 unspecified atom stereocenters. The van der Waals surface area contributed by atoms with Gasteiger partial charge in [0.05, 0.1) is 0 Å². The Balaban J connectivity index is 2.45. The van der Waals surface area contributed by atoms with Crippen molar-refractivity contribution < 1.29 is 4.84 Å². The van der Waals surface area contributed by atoms with Gasteiger partial charge in [0.15, 0.2) is 5.75 Å². The fourth-order valence-corrected chi connectivity index (χ4v) is 0.631. The predicted molar refractivity (Wildman–Crippen MR) is 44.8 cm³/mol. The molecular formula is C9H10NO. The molecule has 0 amide bonds. The largest absolute Gasteiger partial charge is 0.357 e. The molecule has 0 spiro atoms. The normalized spacial score (nSPS) is 10.3. The Kier molecular flexibility index (Phi) is 3.19. The molecule has 1 radical (unpaired) electrons. The number of rotatable bonds is 3. The van der Waals surface area contributed by atoms with Gasteiger partial charge in [-0.2, -0.15) is 0 Å². The summed E-state index contributed by atoms with van der Waals surface area (Å²) in [5.74, 6) is 0.744. The Labute approximate surface area is 66.5 Å². The fourth-order valence-electron chi connectivity index (χ4n) is 0.631. The van der Waals surface area contributed by atoms with Crippen LogP contribution in [-0.2, 0) is 0 Å². The van der Waals surface area contributed by atoms with Gasteiger partial charge in [-0.15, -0.1) is 0 Å². The van der Waals surface area contributed by atoms with Crippen LogP contribution >= 0.6 is 0 Å². The lowest BCUT2D eigenvalue weighted by molar-refractivity contribution is 0.343. The maximum atomic E-state index is 4.96. The first-order valence-electron chi connectivity index (χ1n) is 3.58. The second-order valence-electron chi connectivity index (χ2n) is 2.01. The molecule has 1 rings (SSSR count). The molecule has 2 heteroatoms. The first-order valence-corrected chi connectivity index (χ1v) is 3.58. The van der Waals surface area contributed by atoms with E-state index in [9.17, 15) is 0 Å². The van der Waals surface area contributed by atoms with Crippen LogP contribution < -0.4 is 4.84 Å². The van der Waals surface area contributed by atoms with Crippen LogP contribution in [0.3, 0.4) is 0 Å². The zero-order chi connectivity index (χ0) is 7.94. The summed E-state index contributed by atoms with van der Waals surface area (Å²) in [5, 5.41) is 3.61. The highest BCUT2D eigenvalue weighted by Gasteiger charge is 1.85. The molecule has 1 aromatic rings. The van der Waals surface area contributed by atoms with Crippen molar-refractivity contribution in [2.75, 3.05) is 0 Å². The van der Waals surface area contributed by atoms with E-state index in [1.54, 1.807) is 0 Å². The molecule has 0 aliphatic carbocycles. The molecule has 0 N–H and O–H groups in total. The van der Waals surface area contributed by atoms with Crippen molar-refractivity contribution in [2.24, 2.45) is 5.16 Å². The Morgan fingerprint density at radius 3 is 2.73 bits per heavy atom. The molecule has 0 saturated heterocycles. The van der Waals surface area contributed by atoms with Crippen molar-refractivity contribution in [1.29, 1.82) is 0 Å². The fraction of sp³-hybridized carbons (Fsp3) is 0.222. The molecule has 0 aliphatic heterocycles. The summed E-state index contributed by atoms with van der Waals surface area (Å²) in [6, 6.07) is 9.43. The highest BCUT2D eigenvalue weighted by atomic mass is 16.6. The first-order chi connectivity index (χ1) is 5.43. The lowest BCUT2D eigenvalue weighted by atomic mass is 10.3. The van der Waals surface area contributed by atoms with Crippen LogP contribution in [0.2, 0.25) is 0 Å². The van der Waals surface area contributed by atoms with E-state index >= 15 is 0 Å². The molecule has 0 atom stereocenters. The lowest BCUT2D eigenvalue weighted by Crippen LogP contribution is -1.82. The predicted octanol–water partition coefficient (Wildman–Crippen LogP) is 2.34. The van der Waals surface area contributed by atoms with Crippen molar-refractivity contribution >= 4 is 6.21 Å². The van der Waals surface area contributed by atoms with E-state index in [-0.39, 0.29) is 0 Å².